The molecule has 0 aliphatic carbocycles. The van der Waals surface area contributed by atoms with Crippen LogP contribution in [-0.4, -0.2) is 102 Å². The molecule has 0 amide bonds. The molecule has 9 unspecified atom stereocenters. The second kappa shape index (κ2) is 40.3. The lowest BCUT2D eigenvalue weighted by Gasteiger charge is -2.23. The number of aryl methyl sites for hydroxylation is 3. The van der Waals surface area contributed by atoms with Gasteiger partial charge in [0.15, 0.2) is 109 Å². The summed E-state index contributed by atoms with van der Waals surface area (Å²) in [6.07, 6.45) is -1.74. The van der Waals surface area contributed by atoms with Crippen LogP contribution in [0.2, 0.25) is 0 Å². The van der Waals surface area contributed by atoms with Gasteiger partial charge in [0.25, 0.3) is 0 Å². The Morgan fingerprint density at radius 1 is 0.518 bits per heavy atom. The van der Waals surface area contributed by atoms with Gasteiger partial charge in [-0.05, 0) is 40.0 Å². The molecule has 0 spiro atoms. The van der Waals surface area contributed by atoms with Crippen LogP contribution in [0.4, 0.5) is 0 Å². The Hall–Kier alpha value is -3.16. The topological polar surface area (TPSA) is 452 Å². The lowest BCUT2D eigenvalue weighted by molar-refractivity contribution is -0.167. The standard InChI is InChI=1S/C18H25O15P3.C13H21O12P3.C8H15O8P3/c1-10-13(30-17(21)28-10)7-26-15(19)6-5-12(9-36(23,32-34-24-3)33-35-25-4)16(20)27-8-14-11(2)29-18(22)31-14;1-8-10(23-13(17)22-8)6-21-12(16)9(4-5-11(14)15)7-28(18,24-26-19-2)25-27-20-3;1-12-17-15-19(11,16-18-13-2)5-6-3-4-7(9)14-8(6)10/h12,34-35H,5-9H2,1-4H3;9,26-27H,4-7H2,1-3H3,(H,14,15);6,17-18H,3-5H2,1-2H3. The lowest BCUT2D eigenvalue weighted by Crippen LogP contribution is -2.30. The average molecular weight is 1370 g/mol. The van der Waals surface area contributed by atoms with Crippen molar-refractivity contribution in [2.24, 2.45) is 17.8 Å². The summed E-state index contributed by atoms with van der Waals surface area (Å²) < 4.78 is 145. The number of hydrogen-bond acceptors (Lipinski definition) is 34. The van der Waals surface area contributed by atoms with Gasteiger partial charge in [0, 0.05) is 61.9 Å². The lowest BCUT2D eigenvalue weighted by atomic mass is 10.0. The maximum atomic E-state index is 13.1. The molecule has 35 nitrogen and oxygen atoms in total. The normalized spacial score (nSPS) is 17.0. The van der Waals surface area contributed by atoms with Gasteiger partial charge in [-0.2, -0.15) is 0 Å². The van der Waals surface area contributed by atoms with Crippen LogP contribution in [0.3, 0.4) is 0 Å². The van der Waals surface area contributed by atoms with Crippen LogP contribution in [0.15, 0.2) is 40.9 Å². The molecule has 1 aliphatic rings. The van der Waals surface area contributed by atoms with Crippen LogP contribution in [0.25, 0.3) is 0 Å². The molecule has 472 valence electrons. The fraction of sp³-hybridized carbons (Fsp3) is 0.615. The minimum Gasteiger partial charge on any atom is -0.481 e. The first-order chi connectivity index (χ1) is 39.3. The largest absolute Gasteiger partial charge is 0.519 e. The first-order valence-electron chi connectivity index (χ1n) is 23.1. The Balaban J connectivity index is 0.000000446. The second-order valence-electron chi connectivity index (χ2n) is 15.7. The van der Waals surface area contributed by atoms with E-state index in [2.05, 4.69) is 13.6 Å². The number of carbonyl (C=O) groups excluding carboxylic acids is 5. The van der Waals surface area contributed by atoms with Gasteiger partial charge in [-0.15, -0.1) is 0 Å². The molecule has 0 aromatic carbocycles. The number of carboxylic acids is 1. The first kappa shape index (κ1) is 75.9. The highest BCUT2D eigenvalue weighted by Gasteiger charge is 2.39. The van der Waals surface area contributed by atoms with E-state index >= 15 is 0 Å². The van der Waals surface area contributed by atoms with Crippen LogP contribution < -0.4 is 17.5 Å². The number of carbonyl (C=O) groups is 6. The van der Waals surface area contributed by atoms with Gasteiger partial charge in [0.05, 0.1) is 36.2 Å². The maximum Gasteiger partial charge on any atom is 0.519 e. The van der Waals surface area contributed by atoms with Crippen molar-refractivity contribution in [3.63, 3.8) is 0 Å². The van der Waals surface area contributed by atoms with E-state index in [1.807, 2.05) is 0 Å². The van der Waals surface area contributed by atoms with Gasteiger partial charge >= 0.3 is 76.1 Å². The Bertz CT molecular complexity index is 2800. The van der Waals surface area contributed by atoms with Crippen LogP contribution in [0.5, 0.6) is 0 Å². The number of rotatable bonds is 38. The van der Waals surface area contributed by atoms with E-state index in [0.29, 0.717) is 0 Å². The summed E-state index contributed by atoms with van der Waals surface area (Å²) in [6.45, 7) is 3.14. The Labute approximate surface area is 481 Å². The van der Waals surface area contributed by atoms with E-state index in [1.165, 1.54) is 63.4 Å². The van der Waals surface area contributed by atoms with Crippen molar-refractivity contribution >= 4 is 113 Å². The van der Waals surface area contributed by atoms with Crippen LogP contribution >= 0.6 is 77.0 Å². The van der Waals surface area contributed by atoms with E-state index < -0.39 is 174 Å². The molecular weight excluding hydrogens is 1310 g/mol. The molecule has 4 heterocycles. The molecule has 3 aromatic heterocycles. The zero-order chi connectivity index (χ0) is 62.2. The highest BCUT2D eigenvalue weighted by atomic mass is 31.3. The second-order valence-corrected chi connectivity index (χ2v) is 28.3. The SMILES string of the molecule is COPOP(=O)(CC(CCC(=O)O)C(=O)OCc1oc(=O)oc1C)OPOC.COPOP(=O)(CC(CCC(=O)OCc1oc(=O)oc1C)C(=O)OCc1oc(=O)oc1C)OPOC.COPOP(=O)(CC1CCC(=O)OC1=O)OPOC. The number of ether oxygens (including phenoxy) is 4. The quantitative estimate of drug-likeness (QED) is 0.0248. The Kier molecular flexibility index (Phi) is 36.9. The number of hydrogen-bond donors (Lipinski definition) is 1. The molecule has 3 aromatic rings. The van der Waals surface area contributed by atoms with E-state index in [1.54, 1.807) is 0 Å². The number of cyclic esters (lactones) is 2. The molecular formula is C39H61O35P9. The van der Waals surface area contributed by atoms with E-state index in [4.69, 9.17) is 90.0 Å². The first-order valence-corrected chi connectivity index (χ1v) is 33.2. The van der Waals surface area contributed by atoms with Crippen molar-refractivity contribution in [2.75, 3.05) is 61.1 Å². The van der Waals surface area contributed by atoms with Gasteiger partial charge in [0.1, 0.15) is 0 Å². The molecule has 1 aliphatic heterocycles. The molecule has 4 rings (SSSR count). The summed E-state index contributed by atoms with van der Waals surface area (Å²) in [5.41, 5.74) is 0. The number of aliphatic carboxylic acids is 1. The third-order valence-electron chi connectivity index (χ3n) is 9.77. The third-order valence-corrected chi connectivity index (χ3v) is 21.9. The summed E-state index contributed by atoms with van der Waals surface area (Å²) >= 11 is 0. The predicted molar refractivity (Wildman–Crippen MR) is 288 cm³/mol. The van der Waals surface area contributed by atoms with Gasteiger partial charge < -0.3 is 77.7 Å². The minimum absolute atomic E-state index is 0.00717. The van der Waals surface area contributed by atoms with Crippen molar-refractivity contribution in [1.29, 1.82) is 0 Å². The van der Waals surface area contributed by atoms with Crippen LogP contribution in [-0.2, 0) is 134 Å². The van der Waals surface area contributed by atoms with E-state index in [-0.39, 0.29) is 85.9 Å². The summed E-state index contributed by atoms with van der Waals surface area (Å²) in [6, 6.07) is 0. The van der Waals surface area contributed by atoms with Gasteiger partial charge in [0.2, 0.25) is 0 Å². The molecule has 1 saturated heterocycles. The zero-order valence-corrected chi connectivity index (χ0v) is 54.1. The third kappa shape index (κ3) is 30.4. The predicted octanol–water partition coefficient (Wildman–Crippen LogP) is 7.72. The Morgan fingerprint density at radius 3 is 1.17 bits per heavy atom. The van der Waals surface area contributed by atoms with Crippen molar-refractivity contribution in [2.45, 2.75) is 79.1 Å². The average Bonchev–Trinajstić information content (AvgIpc) is 4.16. The fourth-order valence-electron chi connectivity index (χ4n) is 5.88. The highest BCUT2D eigenvalue weighted by molar-refractivity contribution is 7.64. The summed E-state index contributed by atoms with van der Waals surface area (Å²) in [7, 11) is -6.75. The minimum atomic E-state index is -3.92. The van der Waals surface area contributed by atoms with Gasteiger partial charge in [-0.3, -0.25) is 68.3 Å². The monoisotopic (exact) mass is 1370 g/mol. The summed E-state index contributed by atoms with van der Waals surface area (Å²) in [5.74, 6) is -10.3. The van der Waals surface area contributed by atoms with Crippen molar-refractivity contribution in [3.8, 4) is 0 Å². The summed E-state index contributed by atoms with van der Waals surface area (Å²) in [4.78, 5) is 104. The number of esters is 5. The van der Waals surface area contributed by atoms with Crippen molar-refractivity contribution in [1.82, 2.24) is 0 Å². The molecule has 9 atom stereocenters. The van der Waals surface area contributed by atoms with Gasteiger partial charge in [-0.1, -0.05) is 0 Å². The summed E-state index contributed by atoms with van der Waals surface area (Å²) in [5, 5.41) is 8.89. The smallest absolute Gasteiger partial charge is 0.481 e. The molecule has 83 heavy (non-hydrogen) atoms. The zero-order valence-electron chi connectivity index (χ0n) is 45.4. The fourth-order valence-corrected chi connectivity index (χ4v) is 16.3. The molecule has 1 N–H and O–H groups in total. The van der Waals surface area contributed by atoms with Crippen molar-refractivity contribution in [3.05, 3.63) is 66.4 Å². The van der Waals surface area contributed by atoms with Crippen molar-refractivity contribution < 1.29 is 146 Å². The highest BCUT2D eigenvalue weighted by Crippen LogP contribution is 2.61. The molecule has 44 heteroatoms. The molecule has 0 saturated carbocycles. The van der Waals surface area contributed by atoms with Gasteiger partial charge in [-0.25, -0.2) is 14.4 Å². The number of carboxylic acid groups (broad SMARTS) is 1. The molecule has 0 bridgehead atoms. The molecule has 1 fully saturated rings. The Morgan fingerprint density at radius 2 is 0.855 bits per heavy atom. The van der Waals surface area contributed by atoms with E-state index in [9.17, 15) is 56.8 Å². The van der Waals surface area contributed by atoms with E-state index in [0.717, 1.165) is 0 Å². The maximum absolute atomic E-state index is 13.1. The van der Waals surface area contributed by atoms with Crippen LogP contribution in [0.1, 0.15) is 73.1 Å². The molecule has 0 radical (unpaired) electrons. The van der Waals surface area contributed by atoms with Crippen LogP contribution in [0, 0.1) is 38.5 Å².